The first kappa shape index (κ1) is 22.2. The Labute approximate surface area is 180 Å². The Balaban J connectivity index is 1.62. The van der Waals surface area contributed by atoms with E-state index in [1.165, 1.54) is 18.5 Å². The molecule has 0 spiro atoms. The van der Waals surface area contributed by atoms with Crippen molar-refractivity contribution in [3.8, 4) is 5.75 Å². The van der Waals surface area contributed by atoms with Crippen LogP contribution in [0.25, 0.3) is 0 Å². The first-order valence-electron chi connectivity index (χ1n) is 11.1. The minimum Gasteiger partial charge on any atom is -0.497 e. The van der Waals surface area contributed by atoms with Gasteiger partial charge >= 0.3 is 0 Å². The summed E-state index contributed by atoms with van der Waals surface area (Å²) in [6.07, 6.45) is 3.80. The van der Waals surface area contributed by atoms with E-state index < -0.39 is 0 Å². The molecule has 3 rings (SSSR count). The van der Waals surface area contributed by atoms with Crippen LogP contribution in [0.15, 0.2) is 52.1 Å². The number of methoxy groups -OCH3 is 1. The number of hydrogen-bond acceptors (Lipinski definition) is 4. The number of likely N-dealkylation sites (tertiary alicyclic amines) is 1. The van der Waals surface area contributed by atoms with Gasteiger partial charge in [0, 0.05) is 32.6 Å². The molecule has 6 heteroatoms. The van der Waals surface area contributed by atoms with Crippen LogP contribution in [0.5, 0.6) is 5.75 Å². The molecule has 30 heavy (non-hydrogen) atoms. The number of nitrogens with one attached hydrogen (secondary N) is 1. The fourth-order valence-corrected chi connectivity index (χ4v) is 3.94. The molecule has 2 heterocycles. The van der Waals surface area contributed by atoms with Gasteiger partial charge in [-0.3, -0.25) is 0 Å². The molecule has 1 aliphatic rings. The highest BCUT2D eigenvalue weighted by Crippen LogP contribution is 2.18. The summed E-state index contributed by atoms with van der Waals surface area (Å²) in [4.78, 5) is 9.89. The van der Waals surface area contributed by atoms with E-state index in [0.29, 0.717) is 12.5 Å². The van der Waals surface area contributed by atoms with E-state index in [0.717, 1.165) is 56.6 Å². The molecule has 1 unspecified atom stereocenters. The number of guanidine groups is 1. The maximum absolute atomic E-state index is 5.47. The largest absolute Gasteiger partial charge is 0.497 e. The van der Waals surface area contributed by atoms with Crippen molar-refractivity contribution in [2.75, 3.05) is 46.4 Å². The van der Waals surface area contributed by atoms with Gasteiger partial charge in [0.25, 0.3) is 0 Å². The van der Waals surface area contributed by atoms with Crippen molar-refractivity contribution in [3.63, 3.8) is 0 Å². The van der Waals surface area contributed by atoms with E-state index >= 15 is 0 Å². The average Bonchev–Trinajstić information content (AvgIpc) is 3.47. The number of furan rings is 1. The zero-order valence-corrected chi connectivity index (χ0v) is 18.6. The third-order valence-electron chi connectivity index (χ3n) is 5.80. The smallest absolute Gasteiger partial charge is 0.194 e. The lowest BCUT2D eigenvalue weighted by Crippen LogP contribution is -2.41. The Morgan fingerprint density at radius 1 is 1.23 bits per heavy atom. The maximum atomic E-state index is 5.47. The van der Waals surface area contributed by atoms with Crippen LogP contribution in [0.1, 0.15) is 31.6 Å². The van der Waals surface area contributed by atoms with Crippen LogP contribution in [0.4, 0.5) is 0 Å². The molecule has 0 aliphatic carbocycles. The van der Waals surface area contributed by atoms with Crippen molar-refractivity contribution in [1.29, 1.82) is 0 Å². The highest BCUT2D eigenvalue weighted by atomic mass is 16.5. The van der Waals surface area contributed by atoms with Crippen molar-refractivity contribution in [1.82, 2.24) is 15.1 Å². The van der Waals surface area contributed by atoms with Gasteiger partial charge in [-0.25, -0.2) is 4.99 Å². The monoisotopic (exact) mass is 412 g/mol. The quantitative estimate of drug-likeness (QED) is 0.477. The van der Waals surface area contributed by atoms with Gasteiger partial charge in [-0.2, -0.15) is 0 Å². The van der Waals surface area contributed by atoms with Gasteiger partial charge in [-0.15, -0.1) is 0 Å². The molecule has 1 aromatic carbocycles. The van der Waals surface area contributed by atoms with Crippen LogP contribution in [0.3, 0.4) is 0 Å². The van der Waals surface area contributed by atoms with Crippen molar-refractivity contribution in [2.24, 2.45) is 10.9 Å². The molecule has 0 saturated carbocycles. The van der Waals surface area contributed by atoms with Gasteiger partial charge in [0.05, 0.1) is 19.9 Å². The molecule has 1 atom stereocenters. The fourth-order valence-electron chi connectivity index (χ4n) is 3.94. The van der Waals surface area contributed by atoms with Crippen molar-refractivity contribution >= 4 is 5.96 Å². The van der Waals surface area contributed by atoms with Crippen LogP contribution in [-0.4, -0.2) is 62.1 Å². The average molecular weight is 413 g/mol. The summed E-state index contributed by atoms with van der Waals surface area (Å²) in [6, 6.07) is 12.1. The topological polar surface area (TPSA) is 53.2 Å². The Bertz CT molecular complexity index is 754. The summed E-state index contributed by atoms with van der Waals surface area (Å²) in [6.45, 7) is 11.5. The number of aliphatic imine (C=N–C) groups is 1. The van der Waals surface area contributed by atoms with Gasteiger partial charge in [0.1, 0.15) is 11.5 Å². The second-order valence-electron chi connectivity index (χ2n) is 7.83. The summed E-state index contributed by atoms with van der Waals surface area (Å²) in [7, 11) is 1.69. The lowest BCUT2D eigenvalue weighted by Gasteiger charge is -2.24. The first-order chi connectivity index (χ1) is 14.7. The minimum absolute atomic E-state index is 0.657. The number of ether oxygens (including phenoxy) is 1. The molecule has 164 valence electrons. The molecule has 1 aliphatic heterocycles. The van der Waals surface area contributed by atoms with Crippen LogP contribution in [0.2, 0.25) is 0 Å². The van der Waals surface area contributed by atoms with Crippen molar-refractivity contribution < 1.29 is 9.15 Å². The standard InChI is InChI=1S/C24H36N4O2/c1-4-27(5-2)18-21-13-15-28(19-21)24(25-14-12-23-7-6-16-30-23)26-17-20-8-10-22(29-3)11-9-20/h6-11,16,21H,4-5,12-15,17-19H2,1-3H3,(H,25,26). The lowest BCUT2D eigenvalue weighted by molar-refractivity contribution is 0.255. The van der Waals surface area contributed by atoms with E-state index in [1.54, 1.807) is 13.4 Å². The van der Waals surface area contributed by atoms with Crippen LogP contribution in [-0.2, 0) is 13.0 Å². The molecule has 1 fully saturated rings. The number of rotatable bonds is 10. The summed E-state index contributed by atoms with van der Waals surface area (Å²) in [5.74, 6) is 3.57. The van der Waals surface area contributed by atoms with Crippen molar-refractivity contribution in [3.05, 3.63) is 54.0 Å². The van der Waals surface area contributed by atoms with E-state index in [2.05, 4.69) is 41.1 Å². The highest BCUT2D eigenvalue weighted by Gasteiger charge is 2.26. The molecule has 6 nitrogen and oxygen atoms in total. The Morgan fingerprint density at radius 3 is 2.70 bits per heavy atom. The number of hydrogen-bond donors (Lipinski definition) is 1. The highest BCUT2D eigenvalue weighted by molar-refractivity contribution is 5.80. The third kappa shape index (κ3) is 6.52. The predicted octanol–water partition coefficient (Wildman–Crippen LogP) is 3.64. The fraction of sp³-hybridized carbons (Fsp3) is 0.542. The molecular weight excluding hydrogens is 376 g/mol. The van der Waals surface area contributed by atoms with Crippen LogP contribution < -0.4 is 10.1 Å². The van der Waals surface area contributed by atoms with E-state index in [1.807, 2.05) is 24.3 Å². The SMILES string of the molecule is CCN(CC)CC1CCN(C(=NCc2ccc(OC)cc2)NCCc2ccco2)C1. The van der Waals surface area contributed by atoms with Gasteiger partial charge in [0.2, 0.25) is 0 Å². The summed E-state index contributed by atoms with van der Waals surface area (Å²) in [5, 5.41) is 3.57. The van der Waals surface area contributed by atoms with Crippen LogP contribution in [0, 0.1) is 5.92 Å². The Kier molecular flexibility index (Phi) is 8.63. The predicted molar refractivity (Wildman–Crippen MR) is 122 cm³/mol. The van der Waals surface area contributed by atoms with E-state index in [9.17, 15) is 0 Å². The van der Waals surface area contributed by atoms with Gasteiger partial charge in [-0.05, 0) is 55.3 Å². The Hall–Kier alpha value is -2.47. The molecule has 1 aromatic heterocycles. The molecule has 1 N–H and O–H groups in total. The molecule has 0 bridgehead atoms. The van der Waals surface area contributed by atoms with Crippen LogP contribution >= 0.6 is 0 Å². The van der Waals surface area contributed by atoms with Gasteiger partial charge < -0.3 is 24.3 Å². The molecule has 1 saturated heterocycles. The number of benzene rings is 1. The summed E-state index contributed by atoms with van der Waals surface area (Å²) < 4.78 is 10.7. The molecule has 0 radical (unpaired) electrons. The van der Waals surface area contributed by atoms with Gasteiger partial charge in [-0.1, -0.05) is 26.0 Å². The third-order valence-corrected chi connectivity index (χ3v) is 5.80. The normalized spacial score (nSPS) is 17.0. The second-order valence-corrected chi connectivity index (χ2v) is 7.83. The first-order valence-corrected chi connectivity index (χ1v) is 11.1. The lowest BCUT2D eigenvalue weighted by atomic mass is 10.1. The minimum atomic E-state index is 0.657. The van der Waals surface area contributed by atoms with E-state index in [-0.39, 0.29) is 0 Å². The zero-order valence-electron chi connectivity index (χ0n) is 18.6. The number of nitrogens with zero attached hydrogens (tertiary/aromatic N) is 3. The summed E-state index contributed by atoms with van der Waals surface area (Å²) in [5.41, 5.74) is 1.18. The summed E-state index contributed by atoms with van der Waals surface area (Å²) >= 11 is 0. The van der Waals surface area contributed by atoms with Gasteiger partial charge in [0.15, 0.2) is 5.96 Å². The zero-order chi connectivity index (χ0) is 21.2. The molecule has 0 amide bonds. The molecular formula is C24H36N4O2. The molecule has 2 aromatic rings. The van der Waals surface area contributed by atoms with Crippen molar-refractivity contribution in [2.45, 2.75) is 33.2 Å². The second kappa shape index (κ2) is 11.6. The Morgan fingerprint density at radius 2 is 2.03 bits per heavy atom. The maximum Gasteiger partial charge on any atom is 0.194 e. The van der Waals surface area contributed by atoms with E-state index in [4.69, 9.17) is 14.1 Å².